The molecule has 1 aliphatic carbocycles. The summed E-state index contributed by atoms with van der Waals surface area (Å²) >= 11 is 0. The molecule has 1 aromatic rings. The molecule has 1 fully saturated rings. The summed E-state index contributed by atoms with van der Waals surface area (Å²) in [5, 5.41) is 0. The molecule has 1 aliphatic rings. The average Bonchev–Trinajstić information content (AvgIpc) is 2.52. The van der Waals surface area contributed by atoms with Crippen LogP contribution < -0.4 is 0 Å². The minimum absolute atomic E-state index is 0.126. The number of carbonyl (C=O) groups excluding carboxylic acids is 1. The number of hydrogen-bond acceptors (Lipinski definition) is 1. The summed E-state index contributed by atoms with van der Waals surface area (Å²) in [6.07, 6.45) is 1.38. The lowest BCUT2D eigenvalue weighted by Gasteiger charge is -2.23. The van der Waals surface area contributed by atoms with Crippen LogP contribution in [0.3, 0.4) is 0 Å². The van der Waals surface area contributed by atoms with Crippen LogP contribution >= 0.6 is 0 Å². The zero-order chi connectivity index (χ0) is 11.1. The molecule has 1 unspecified atom stereocenters. The fourth-order valence-electron chi connectivity index (χ4n) is 2.23. The molecule has 0 N–H and O–H groups in total. The van der Waals surface area contributed by atoms with E-state index in [4.69, 9.17) is 0 Å². The number of ketones is 1. The molecule has 1 saturated carbocycles. The number of halogens is 2. The van der Waals surface area contributed by atoms with Crippen molar-refractivity contribution in [3.63, 3.8) is 0 Å². The maximum absolute atomic E-state index is 13.5. The van der Waals surface area contributed by atoms with Crippen LogP contribution in [0, 0.1) is 11.6 Å². The molecule has 3 heteroatoms. The van der Waals surface area contributed by atoms with E-state index in [9.17, 15) is 13.6 Å². The molecule has 15 heavy (non-hydrogen) atoms. The first-order valence-electron chi connectivity index (χ1n) is 4.99. The number of rotatable bonds is 1. The zero-order valence-electron chi connectivity index (χ0n) is 8.52. The highest BCUT2D eigenvalue weighted by molar-refractivity contribution is 5.82. The Labute approximate surface area is 87.1 Å². The van der Waals surface area contributed by atoms with Crippen molar-refractivity contribution in [2.45, 2.75) is 31.6 Å². The van der Waals surface area contributed by atoms with Crippen LogP contribution in [-0.2, 0) is 10.2 Å². The van der Waals surface area contributed by atoms with Crippen molar-refractivity contribution < 1.29 is 13.6 Å². The second-order valence-electron chi connectivity index (χ2n) is 4.38. The van der Waals surface area contributed by atoms with Crippen LogP contribution in [0.2, 0.25) is 0 Å². The van der Waals surface area contributed by atoms with Gasteiger partial charge in [-0.25, -0.2) is 8.78 Å². The summed E-state index contributed by atoms with van der Waals surface area (Å²) in [4.78, 5) is 11.2. The Hall–Kier alpha value is -1.25. The smallest absolute Gasteiger partial charge is 0.162 e. The molecule has 80 valence electrons. The van der Waals surface area contributed by atoms with Crippen molar-refractivity contribution in [1.82, 2.24) is 0 Å². The first kappa shape index (κ1) is 10.3. The standard InChI is InChI=1S/C12H12F2O/c1-12(6-5-8(15)7-12)9-3-2-4-10(13)11(9)14/h2-4H,5-7H2,1H3. The lowest BCUT2D eigenvalue weighted by Crippen LogP contribution is -2.20. The largest absolute Gasteiger partial charge is 0.300 e. The van der Waals surface area contributed by atoms with E-state index >= 15 is 0 Å². The zero-order valence-corrected chi connectivity index (χ0v) is 8.52. The highest BCUT2D eigenvalue weighted by Crippen LogP contribution is 2.40. The molecule has 0 aliphatic heterocycles. The Morgan fingerprint density at radius 1 is 1.33 bits per heavy atom. The minimum Gasteiger partial charge on any atom is -0.300 e. The van der Waals surface area contributed by atoms with Gasteiger partial charge >= 0.3 is 0 Å². The van der Waals surface area contributed by atoms with Crippen LogP contribution in [0.1, 0.15) is 31.7 Å². The lowest BCUT2D eigenvalue weighted by atomic mass is 9.80. The SMILES string of the molecule is CC1(c2cccc(F)c2F)CCC(=O)C1. The summed E-state index contributed by atoms with van der Waals surface area (Å²) in [5.74, 6) is -1.52. The van der Waals surface area contributed by atoms with E-state index in [1.807, 2.05) is 6.92 Å². The Morgan fingerprint density at radius 2 is 2.07 bits per heavy atom. The van der Waals surface area contributed by atoms with Gasteiger partial charge in [0.1, 0.15) is 5.78 Å². The molecule has 1 nitrogen and oxygen atoms in total. The normalized spacial score (nSPS) is 25.9. The number of carbonyl (C=O) groups is 1. The van der Waals surface area contributed by atoms with E-state index in [0.29, 0.717) is 24.8 Å². The maximum Gasteiger partial charge on any atom is 0.162 e. The molecule has 0 spiro atoms. The predicted octanol–water partition coefficient (Wildman–Crippen LogP) is 2.98. The third-order valence-corrected chi connectivity index (χ3v) is 3.14. The fourth-order valence-corrected chi connectivity index (χ4v) is 2.23. The molecule has 0 amide bonds. The van der Waals surface area contributed by atoms with Crippen molar-refractivity contribution in [3.05, 3.63) is 35.4 Å². The molecule has 0 bridgehead atoms. The Morgan fingerprint density at radius 3 is 2.67 bits per heavy atom. The third-order valence-electron chi connectivity index (χ3n) is 3.14. The van der Waals surface area contributed by atoms with Gasteiger partial charge in [-0.3, -0.25) is 4.79 Å². The van der Waals surface area contributed by atoms with Crippen LogP contribution in [0.4, 0.5) is 8.78 Å². The minimum atomic E-state index is -0.840. The highest BCUT2D eigenvalue weighted by Gasteiger charge is 2.37. The van der Waals surface area contributed by atoms with E-state index in [-0.39, 0.29) is 5.78 Å². The van der Waals surface area contributed by atoms with Crippen molar-refractivity contribution in [2.75, 3.05) is 0 Å². The van der Waals surface area contributed by atoms with Crippen molar-refractivity contribution in [1.29, 1.82) is 0 Å². The van der Waals surface area contributed by atoms with E-state index in [1.54, 1.807) is 6.07 Å². The van der Waals surface area contributed by atoms with E-state index < -0.39 is 17.0 Å². The van der Waals surface area contributed by atoms with Crippen LogP contribution in [0.5, 0.6) is 0 Å². The summed E-state index contributed by atoms with van der Waals surface area (Å²) < 4.78 is 26.6. The lowest BCUT2D eigenvalue weighted by molar-refractivity contribution is -0.117. The molecule has 0 aromatic heterocycles. The summed E-state index contributed by atoms with van der Waals surface area (Å²) in [6, 6.07) is 4.15. The summed E-state index contributed by atoms with van der Waals surface area (Å²) in [7, 11) is 0. The van der Waals surface area contributed by atoms with Crippen LogP contribution in [0.25, 0.3) is 0 Å². The van der Waals surface area contributed by atoms with Gasteiger partial charge in [-0.1, -0.05) is 19.1 Å². The quantitative estimate of drug-likeness (QED) is 0.696. The second kappa shape index (κ2) is 3.40. The van der Waals surface area contributed by atoms with Gasteiger partial charge in [0, 0.05) is 18.3 Å². The molecule has 2 rings (SSSR count). The van der Waals surface area contributed by atoms with Crippen molar-refractivity contribution in [2.24, 2.45) is 0 Å². The highest BCUT2D eigenvalue weighted by atomic mass is 19.2. The molecular formula is C12H12F2O. The Balaban J connectivity index is 2.45. The van der Waals surface area contributed by atoms with Crippen LogP contribution in [-0.4, -0.2) is 5.78 Å². The third kappa shape index (κ3) is 1.66. The first-order valence-corrected chi connectivity index (χ1v) is 4.99. The van der Waals surface area contributed by atoms with Gasteiger partial charge in [-0.05, 0) is 18.1 Å². The number of Topliss-reactive ketones (excluding diaryl/α,β-unsaturated/α-hetero) is 1. The van der Waals surface area contributed by atoms with Crippen LogP contribution in [0.15, 0.2) is 18.2 Å². The molecule has 0 radical (unpaired) electrons. The van der Waals surface area contributed by atoms with Gasteiger partial charge in [-0.15, -0.1) is 0 Å². The van der Waals surface area contributed by atoms with Crippen molar-refractivity contribution >= 4 is 5.78 Å². The molecule has 0 heterocycles. The molecular weight excluding hydrogens is 198 g/mol. The van der Waals surface area contributed by atoms with Crippen molar-refractivity contribution in [3.8, 4) is 0 Å². The monoisotopic (exact) mass is 210 g/mol. The van der Waals surface area contributed by atoms with Gasteiger partial charge in [-0.2, -0.15) is 0 Å². The molecule has 0 saturated heterocycles. The average molecular weight is 210 g/mol. The van der Waals surface area contributed by atoms with E-state index in [0.717, 1.165) is 6.07 Å². The topological polar surface area (TPSA) is 17.1 Å². The number of hydrogen-bond donors (Lipinski definition) is 0. The van der Waals surface area contributed by atoms with E-state index in [1.165, 1.54) is 6.07 Å². The van der Waals surface area contributed by atoms with Gasteiger partial charge in [0.15, 0.2) is 11.6 Å². The Bertz CT molecular complexity index is 414. The van der Waals surface area contributed by atoms with Gasteiger partial charge in [0.25, 0.3) is 0 Å². The first-order chi connectivity index (χ1) is 7.03. The molecule has 1 atom stereocenters. The van der Waals surface area contributed by atoms with Gasteiger partial charge in [0.05, 0.1) is 0 Å². The Kier molecular flexibility index (Phi) is 2.33. The summed E-state index contributed by atoms with van der Waals surface area (Å²) in [5.41, 5.74) is -0.197. The van der Waals surface area contributed by atoms with Gasteiger partial charge < -0.3 is 0 Å². The van der Waals surface area contributed by atoms with Gasteiger partial charge in [0.2, 0.25) is 0 Å². The molecule has 1 aromatic carbocycles. The fraction of sp³-hybridized carbons (Fsp3) is 0.417. The number of benzene rings is 1. The van der Waals surface area contributed by atoms with E-state index in [2.05, 4.69) is 0 Å². The second-order valence-corrected chi connectivity index (χ2v) is 4.38. The summed E-state index contributed by atoms with van der Waals surface area (Å²) in [6.45, 7) is 1.82. The predicted molar refractivity (Wildman–Crippen MR) is 52.6 cm³/mol. The maximum atomic E-state index is 13.5.